The molecule has 90 valence electrons. The average Bonchev–Trinajstić information content (AvgIpc) is 2.89. The van der Waals surface area contributed by atoms with E-state index in [9.17, 15) is 0 Å². The van der Waals surface area contributed by atoms with E-state index in [1.54, 1.807) is 7.11 Å². The molecule has 5 heteroatoms. The van der Waals surface area contributed by atoms with Crippen LogP contribution in [0.2, 0.25) is 0 Å². The molecule has 1 unspecified atom stereocenters. The molecule has 0 aromatic carbocycles. The van der Waals surface area contributed by atoms with E-state index in [4.69, 9.17) is 4.74 Å². The Bertz CT molecular complexity index is 331. The van der Waals surface area contributed by atoms with E-state index in [0.717, 1.165) is 37.8 Å². The zero-order valence-electron chi connectivity index (χ0n) is 10.1. The Hall–Kier alpha value is -0.940. The smallest absolute Gasteiger partial charge is 0.150 e. The van der Waals surface area contributed by atoms with Crippen LogP contribution < -0.4 is 5.32 Å². The van der Waals surface area contributed by atoms with Gasteiger partial charge < -0.3 is 14.6 Å². The van der Waals surface area contributed by atoms with Crippen molar-refractivity contribution in [1.29, 1.82) is 0 Å². The third-order valence-electron chi connectivity index (χ3n) is 3.07. The molecule has 1 fully saturated rings. The summed E-state index contributed by atoms with van der Waals surface area (Å²) in [5, 5.41) is 11.9. The predicted octanol–water partition coefficient (Wildman–Crippen LogP) is 1.05. The van der Waals surface area contributed by atoms with Gasteiger partial charge in [-0.25, -0.2) is 0 Å². The Morgan fingerprint density at radius 3 is 3.06 bits per heavy atom. The number of ether oxygens (including phenoxy) is 1. The molecule has 5 nitrogen and oxygen atoms in total. The van der Waals surface area contributed by atoms with Crippen molar-refractivity contribution < 1.29 is 4.74 Å². The summed E-state index contributed by atoms with van der Waals surface area (Å²) in [5.74, 6) is 2.09. The summed E-state index contributed by atoms with van der Waals surface area (Å²) < 4.78 is 7.29. The van der Waals surface area contributed by atoms with E-state index in [0.29, 0.717) is 6.04 Å². The van der Waals surface area contributed by atoms with Crippen molar-refractivity contribution in [3.05, 3.63) is 11.6 Å². The summed E-state index contributed by atoms with van der Waals surface area (Å²) in [4.78, 5) is 0. The summed E-state index contributed by atoms with van der Waals surface area (Å²) in [6, 6.07) is 0.392. The zero-order chi connectivity index (χ0) is 11.4. The lowest BCUT2D eigenvalue weighted by Crippen LogP contribution is -2.19. The summed E-state index contributed by atoms with van der Waals surface area (Å²) >= 11 is 0. The summed E-state index contributed by atoms with van der Waals surface area (Å²) in [5.41, 5.74) is 0. The van der Waals surface area contributed by atoms with Crippen LogP contribution in [-0.4, -0.2) is 35.0 Å². The second-order valence-corrected chi connectivity index (χ2v) is 4.25. The van der Waals surface area contributed by atoms with Gasteiger partial charge in [0.15, 0.2) is 0 Å². The van der Waals surface area contributed by atoms with Gasteiger partial charge in [0.05, 0.1) is 6.04 Å². The fraction of sp³-hybridized carbons (Fsp3) is 0.818. The van der Waals surface area contributed by atoms with Crippen LogP contribution in [0.4, 0.5) is 0 Å². The van der Waals surface area contributed by atoms with Crippen molar-refractivity contribution in [3.63, 3.8) is 0 Å². The van der Waals surface area contributed by atoms with Gasteiger partial charge in [-0.1, -0.05) is 0 Å². The number of methoxy groups -OCH3 is 1. The first-order valence-electron chi connectivity index (χ1n) is 5.95. The highest BCUT2D eigenvalue weighted by Crippen LogP contribution is 2.22. The quantitative estimate of drug-likeness (QED) is 0.759. The molecule has 2 rings (SSSR count). The van der Waals surface area contributed by atoms with Crippen LogP contribution in [0.1, 0.15) is 37.0 Å². The highest BCUT2D eigenvalue weighted by Gasteiger charge is 2.22. The Labute approximate surface area is 96.2 Å². The summed E-state index contributed by atoms with van der Waals surface area (Å²) in [6.45, 7) is 4.84. The van der Waals surface area contributed by atoms with Gasteiger partial charge in [-0.15, -0.1) is 10.2 Å². The molecule has 1 aliphatic heterocycles. The maximum absolute atomic E-state index is 5.08. The molecular formula is C11H20N4O. The van der Waals surface area contributed by atoms with Crippen molar-refractivity contribution in [2.24, 2.45) is 0 Å². The maximum atomic E-state index is 5.08. The van der Waals surface area contributed by atoms with E-state index in [1.165, 1.54) is 12.8 Å². The van der Waals surface area contributed by atoms with Crippen molar-refractivity contribution in [1.82, 2.24) is 20.1 Å². The Morgan fingerprint density at radius 2 is 2.38 bits per heavy atom. The van der Waals surface area contributed by atoms with Crippen molar-refractivity contribution in [2.45, 2.75) is 38.8 Å². The van der Waals surface area contributed by atoms with Crippen LogP contribution in [0.3, 0.4) is 0 Å². The standard InChI is InChI=1S/C11H20N4O/c1-9-13-14-11(10-5-3-6-12-10)15(9)7-4-8-16-2/h10,12H,3-8H2,1-2H3. The summed E-state index contributed by atoms with van der Waals surface area (Å²) in [7, 11) is 1.73. The van der Waals surface area contributed by atoms with Crippen LogP contribution in [0.25, 0.3) is 0 Å². The van der Waals surface area contributed by atoms with Crippen molar-refractivity contribution in [2.75, 3.05) is 20.3 Å². The van der Waals surface area contributed by atoms with E-state index < -0.39 is 0 Å². The molecule has 1 aromatic heterocycles. The van der Waals surface area contributed by atoms with Gasteiger partial charge in [-0.3, -0.25) is 0 Å². The van der Waals surface area contributed by atoms with Crippen molar-refractivity contribution >= 4 is 0 Å². The lowest BCUT2D eigenvalue weighted by molar-refractivity contribution is 0.189. The minimum Gasteiger partial charge on any atom is -0.385 e. The topological polar surface area (TPSA) is 52.0 Å². The van der Waals surface area contributed by atoms with Gasteiger partial charge in [-0.2, -0.15) is 0 Å². The first-order valence-corrected chi connectivity index (χ1v) is 5.95. The van der Waals surface area contributed by atoms with Crippen LogP contribution in [0.5, 0.6) is 0 Å². The van der Waals surface area contributed by atoms with Gasteiger partial charge in [0.25, 0.3) is 0 Å². The van der Waals surface area contributed by atoms with E-state index in [-0.39, 0.29) is 0 Å². The fourth-order valence-corrected chi connectivity index (χ4v) is 2.20. The fourth-order valence-electron chi connectivity index (χ4n) is 2.20. The van der Waals surface area contributed by atoms with Gasteiger partial charge in [0.2, 0.25) is 0 Å². The molecule has 1 aromatic rings. The van der Waals surface area contributed by atoms with E-state index in [2.05, 4.69) is 20.1 Å². The number of aryl methyl sites for hydroxylation is 1. The first kappa shape index (κ1) is 11.5. The third kappa shape index (κ3) is 2.41. The first-order chi connectivity index (χ1) is 7.83. The Kier molecular flexibility index (Phi) is 3.90. The minimum atomic E-state index is 0.392. The lowest BCUT2D eigenvalue weighted by atomic mass is 10.2. The molecule has 16 heavy (non-hydrogen) atoms. The molecule has 0 radical (unpaired) electrons. The number of nitrogens with one attached hydrogen (secondary N) is 1. The third-order valence-corrected chi connectivity index (χ3v) is 3.07. The van der Waals surface area contributed by atoms with Gasteiger partial charge in [0, 0.05) is 20.3 Å². The molecule has 0 amide bonds. The molecule has 1 saturated heterocycles. The molecule has 0 spiro atoms. The molecule has 1 aliphatic rings. The van der Waals surface area contributed by atoms with Gasteiger partial charge >= 0.3 is 0 Å². The van der Waals surface area contributed by atoms with E-state index >= 15 is 0 Å². The number of hydrogen-bond donors (Lipinski definition) is 1. The van der Waals surface area contributed by atoms with Crippen molar-refractivity contribution in [3.8, 4) is 0 Å². The predicted molar refractivity (Wildman–Crippen MR) is 61.2 cm³/mol. The van der Waals surface area contributed by atoms with Crippen LogP contribution in [-0.2, 0) is 11.3 Å². The second-order valence-electron chi connectivity index (χ2n) is 4.25. The largest absolute Gasteiger partial charge is 0.385 e. The monoisotopic (exact) mass is 224 g/mol. The molecule has 1 atom stereocenters. The van der Waals surface area contributed by atoms with Crippen LogP contribution in [0.15, 0.2) is 0 Å². The molecule has 0 bridgehead atoms. The molecule has 1 N–H and O–H groups in total. The normalized spacial score (nSPS) is 20.5. The molecule has 0 saturated carbocycles. The molecular weight excluding hydrogens is 204 g/mol. The SMILES string of the molecule is COCCCn1c(C)nnc1C1CCCN1. The molecule has 2 heterocycles. The van der Waals surface area contributed by atoms with Gasteiger partial charge in [-0.05, 0) is 32.7 Å². The second kappa shape index (κ2) is 5.41. The van der Waals surface area contributed by atoms with E-state index in [1.807, 2.05) is 6.92 Å². The number of aromatic nitrogens is 3. The van der Waals surface area contributed by atoms with Crippen LogP contribution >= 0.6 is 0 Å². The number of nitrogens with zero attached hydrogens (tertiary/aromatic N) is 3. The highest BCUT2D eigenvalue weighted by atomic mass is 16.5. The molecule has 0 aliphatic carbocycles. The highest BCUT2D eigenvalue weighted by molar-refractivity contribution is 5.02. The average molecular weight is 224 g/mol. The van der Waals surface area contributed by atoms with Gasteiger partial charge in [0.1, 0.15) is 11.6 Å². The number of rotatable bonds is 5. The maximum Gasteiger partial charge on any atom is 0.150 e. The van der Waals surface area contributed by atoms with Crippen LogP contribution in [0, 0.1) is 6.92 Å². The minimum absolute atomic E-state index is 0.392. The summed E-state index contributed by atoms with van der Waals surface area (Å²) in [6.07, 6.45) is 3.41. The number of hydrogen-bond acceptors (Lipinski definition) is 4. The Morgan fingerprint density at radius 1 is 1.50 bits per heavy atom. The Balaban J connectivity index is 2.05. The zero-order valence-corrected chi connectivity index (χ0v) is 10.1. The lowest BCUT2D eigenvalue weighted by Gasteiger charge is -2.13.